The molecule has 0 aromatic carbocycles. The third-order valence-corrected chi connectivity index (χ3v) is 5.91. The molecule has 6 nitrogen and oxygen atoms in total. The molecule has 2 heterocycles. The largest absolute Gasteiger partial charge is 0.373 e. The Labute approximate surface area is 116 Å². The molecule has 19 heavy (non-hydrogen) atoms. The van der Waals surface area contributed by atoms with E-state index in [1.807, 2.05) is 13.8 Å². The normalized spacial score (nSPS) is 32.6. The standard InChI is InChI=1S/C12H25N3O3S/c1-10-8-15(9-11(2)18-10)19(16,17)14-5-3-12(7-13)4-6-14/h10-12H,3-9,13H2,1-2H3. The highest BCUT2D eigenvalue weighted by molar-refractivity contribution is 7.86. The smallest absolute Gasteiger partial charge is 0.282 e. The first-order valence-corrected chi connectivity index (χ1v) is 8.44. The zero-order chi connectivity index (χ0) is 14.0. The Morgan fingerprint density at radius 2 is 1.63 bits per heavy atom. The van der Waals surface area contributed by atoms with Gasteiger partial charge in [-0.1, -0.05) is 0 Å². The highest BCUT2D eigenvalue weighted by Crippen LogP contribution is 2.23. The second kappa shape index (κ2) is 6.05. The lowest BCUT2D eigenvalue weighted by Crippen LogP contribution is -2.54. The van der Waals surface area contributed by atoms with E-state index in [-0.39, 0.29) is 12.2 Å². The Bertz CT molecular complexity index is 383. The summed E-state index contributed by atoms with van der Waals surface area (Å²) in [6.45, 7) is 6.55. The molecule has 2 saturated heterocycles. The molecule has 0 amide bonds. The van der Waals surface area contributed by atoms with Crippen molar-refractivity contribution in [1.29, 1.82) is 0 Å². The molecule has 2 atom stereocenters. The Balaban J connectivity index is 2.02. The van der Waals surface area contributed by atoms with Crippen LogP contribution in [0.4, 0.5) is 0 Å². The second-order valence-corrected chi connectivity index (χ2v) is 7.59. The van der Waals surface area contributed by atoms with Gasteiger partial charge in [0.1, 0.15) is 0 Å². The minimum Gasteiger partial charge on any atom is -0.373 e. The quantitative estimate of drug-likeness (QED) is 0.795. The van der Waals surface area contributed by atoms with Gasteiger partial charge in [0.2, 0.25) is 0 Å². The summed E-state index contributed by atoms with van der Waals surface area (Å²) >= 11 is 0. The molecule has 112 valence electrons. The molecule has 0 spiro atoms. The maximum Gasteiger partial charge on any atom is 0.282 e. The van der Waals surface area contributed by atoms with Crippen LogP contribution in [-0.4, -0.2) is 62.0 Å². The summed E-state index contributed by atoms with van der Waals surface area (Å²) in [5.74, 6) is 0.467. The highest BCUT2D eigenvalue weighted by Gasteiger charge is 2.36. The average Bonchev–Trinajstić information content (AvgIpc) is 2.37. The molecule has 2 aliphatic heterocycles. The number of morpholine rings is 1. The van der Waals surface area contributed by atoms with Gasteiger partial charge in [-0.25, -0.2) is 0 Å². The fourth-order valence-corrected chi connectivity index (χ4v) is 4.65. The van der Waals surface area contributed by atoms with Crippen molar-refractivity contribution in [3.05, 3.63) is 0 Å². The first kappa shape index (κ1) is 15.2. The molecule has 0 radical (unpaired) electrons. The van der Waals surface area contributed by atoms with Crippen molar-refractivity contribution in [2.24, 2.45) is 11.7 Å². The van der Waals surface area contributed by atoms with Gasteiger partial charge in [0.15, 0.2) is 0 Å². The van der Waals surface area contributed by atoms with Crippen LogP contribution in [0, 0.1) is 5.92 Å². The molecule has 2 unspecified atom stereocenters. The minimum absolute atomic E-state index is 0.0416. The summed E-state index contributed by atoms with van der Waals surface area (Å²) < 4.78 is 33.9. The molecule has 2 N–H and O–H groups in total. The number of nitrogens with two attached hydrogens (primary N) is 1. The Morgan fingerprint density at radius 3 is 2.11 bits per heavy atom. The zero-order valence-electron chi connectivity index (χ0n) is 11.8. The van der Waals surface area contributed by atoms with Crippen molar-refractivity contribution in [3.63, 3.8) is 0 Å². The summed E-state index contributed by atoms with van der Waals surface area (Å²) in [5, 5.41) is 0. The van der Waals surface area contributed by atoms with Crippen molar-refractivity contribution in [3.8, 4) is 0 Å². The van der Waals surface area contributed by atoms with Crippen molar-refractivity contribution in [2.75, 3.05) is 32.7 Å². The SMILES string of the molecule is CC1CN(S(=O)(=O)N2CCC(CN)CC2)CC(C)O1. The van der Waals surface area contributed by atoms with Gasteiger partial charge in [-0.3, -0.25) is 0 Å². The van der Waals surface area contributed by atoms with Crippen molar-refractivity contribution in [2.45, 2.75) is 38.9 Å². The van der Waals surface area contributed by atoms with Crippen LogP contribution in [0.15, 0.2) is 0 Å². The van der Waals surface area contributed by atoms with Gasteiger partial charge in [0.25, 0.3) is 10.2 Å². The molecule has 0 aromatic rings. The number of piperidine rings is 1. The van der Waals surface area contributed by atoms with Gasteiger partial charge in [-0.05, 0) is 39.2 Å². The van der Waals surface area contributed by atoms with Gasteiger partial charge < -0.3 is 10.5 Å². The van der Waals surface area contributed by atoms with Crippen molar-refractivity contribution < 1.29 is 13.2 Å². The number of hydrogen-bond acceptors (Lipinski definition) is 4. The van der Waals surface area contributed by atoms with Gasteiger partial charge in [-0.15, -0.1) is 0 Å². The predicted octanol–water partition coefficient (Wildman–Crippen LogP) is 0.0111. The molecule has 7 heteroatoms. The molecule has 2 rings (SSSR count). The van der Waals surface area contributed by atoms with Gasteiger partial charge in [0, 0.05) is 26.2 Å². The Hall–Kier alpha value is -0.210. The van der Waals surface area contributed by atoms with Crippen molar-refractivity contribution in [1.82, 2.24) is 8.61 Å². The third kappa shape index (κ3) is 3.46. The maximum atomic E-state index is 12.6. The lowest BCUT2D eigenvalue weighted by molar-refractivity contribution is -0.0456. The summed E-state index contributed by atoms with van der Waals surface area (Å²) in [7, 11) is -3.34. The fraction of sp³-hybridized carbons (Fsp3) is 1.00. The molecular weight excluding hydrogens is 266 g/mol. The zero-order valence-corrected chi connectivity index (χ0v) is 12.6. The molecule has 2 fully saturated rings. The number of hydrogen-bond donors (Lipinski definition) is 1. The van der Waals surface area contributed by atoms with E-state index in [1.165, 1.54) is 0 Å². The third-order valence-electron chi connectivity index (χ3n) is 3.95. The van der Waals surface area contributed by atoms with E-state index < -0.39 is 10.2 Å². The van der Waals surface area contributed by atoms with Crippen LogP contribution in [0.25, 0.3) is 0 Å². The fourth-order valence-electron chi connectivity index (χ4n) is 2.86. The summed E-state index contributed by atoms with van der Waals surface area (Å²) in [6.07, 6.45) is 1.65. The molecular formula is C12H25N3O3S. The maximum absolute atomic E-state index is 12.6. The molecule has 0 aromatic heterocycles. The second-order valence-electron chi connectivity index (χ2n) is 5.66. The van der Waals surface area contributed by atoms with Gasteiger partial charge in [0.05, 0.1) is 12.2 Å². The van der Waals surface area contributed by atoms with Crippen LogP contribution >= 0.6 is 0 Å². The summed E-state index contributed by atoms with van der Waals surface area (Å²) in [4.78, 5) is 0. The van der Waals surface area contributed by atoms with Gasteiger partial charge in [-0.2, -0.15) is 17.0 Å². The van der Waals surface area contributed by atoms with Crippen LogP contribution in [0.5, 0.6) is 0 Å². The van der Waals surface area contributed by atoms with Crippen LogP contribution in [0.2, 0.25) is 0 Å². The predicted molar refractivity (Wildman–Crippen MR) is 73.9 cm³/mol. The number of rotatable bonds is 3. The van der Waals surface area contributed by atoms with E-state index in [0.717, 1.165) is 12.8 Å². The van der Waals surface area contributed by atoms with Gasteiger partial charge >= 0.3 is 0 Å². The van der Waals surface area contributed by atoms with Crippen LogP contribution in [0.1, 0.15) is 26.7 Å². The van der Waals surface area contributed by atoms with E-state index >= 15 is 0 Å². The lowest BCUT2D eigenvalue weighted by atomic mass is 9.99. The summed E-state index contributed by atoms with van der Waals surface area (Å²) in [6, 6.07) is 0. The topological polar surface area (TPSA) is 75.9 Å². The van der Waals surface area contributed by atoms with E-state index in [9.17, 15) is 8.42 Å². The first-order chi connectivity index (χ1) is 8.93. The highest BCUT2D eigenvalue weighted by atomic mass is 32.2. The minimum atomic E-state index is -3.34. The van der Waals surface area contributed by atoms with Crippen LogP contribution < -0.4 is 5.73 Å². The van der Waals surface area contributed by atoms with E-state index in [2.05, 4.69) is 0 Å². The number of nitrogens with zero attached hydrogens (tertiary/aromatic N) is 2. The average molecular weight is 291 g/mol. The lowest BCUT2D eigenvalue weighted by Gasteiger charge is -2.39. The van der Waals surface area contributed by atoms with E-state index in [0.29, 0.717) is 38.6 Å². The van der Waals surface area contributed by atoms with Crippen LogP contribution in [-0.2, 0) is 14.9 Å². The first-order valence-electron chi connectivity index (χ1n) is 7.04. The van der Waals surface area contributed by atoms with E-state index in [4.69, 9.17) is 10.5 Å². The molecule has 0 bridgehead atoms. The molecule has 2 aliphatic rings. The summed E-state index contributed by atoms with van der Waals surface area (Å²) in [5.41, 5.74) is 5.64. The van der Waals surface area contributed by atoms with Crippen LogP contribution in [0.3, 0.4) is 0 Å². The van der Waals surface area contributed by atoms with E-state index in [1.54, 1.807) is 8.61 Å². The molecule has 0 aliphatic carbocycles. The van der Waals surface area contributed by atoms with Crippen molar-refractivity contribution >= 4 is 10.2 Å². The molecule has 0 saturated carbocycles. The number of ether oxygens (including phenoxy) is 1. The Kier molecular flexibility index (Phi) is 4.84. The Morgan fingerprint density at radius 1 is 1.11 bits per heavy atom. The monoisotopic (exact) mass is 291 g/mol.